The van der Waals surface area contributed by atoms with Crippen molar-refractivity contribution in [2.24, 2.45) is 5.92 Å². The summed E-state index contributed by atoms with van der Waals surface area (Å²) in [6.45, 7) is 4.09. The molecule has 1 aromatic heterocycles. The number of aromatic nitrogens is 1. The van der Waals surface area contributed by atoms with Gasteiger partial charge in [0.05, 0.1) is 18.2 Å². The lowest BCUT2D eigenvalue weighted by atomic mass is 10.0. The molecule has 2 amide bonds. The van der Waals surface area contributed by atoms with Crippen molar-refractivity contribution >= 4 is 22.7 Å². The number of hydrogen-bond acceptors (Lipinski definition) is 5. The Labute approximate surface area is 151 Å². The van der Waals surface area contributed by atoms with Crippen LogP contribution in [0.3, 0.4) is 0 Å². The Kier molecular flexibility index (Phi) is 5.49. The maximum Gasteiger partial charge on any atom is 0.270 e. The largest absolute Gasteiger partial charge is 0.366 e. The third kappa shape index (κ3) is 4.00. The van der Waals surface area contributed by atoms with Crippen LogP contribution in [0.15, 0.2) is 36.4 Å². The Morgan fingerprint density at radius 1 is 1.23 bits per heavy atom. The Morgan fingerprint density at radius 2 is 2.00 bits per heavy atom. The van der Waals surface area contributed by atoms with Crippen molar-refractivity contribution < 1.29 is 19.4 Å². The highest BCUT2D eigenvalue weighted by molar-refractivity contribution is 5.97. The zero-order chi connectivity index (χ0) is 18.7. The second kappa shape index (κ2) is 7.80. The van der Waals surface area contributed by atoms with Crippen LogP contribution in [0.2, 0.25) is 0 Å². The molecule has 0 saturated carbocycles. The Balaban J connectivity index is 1.71. The van der Waals surface area contributed by atoms with Gasteiger partial charge in [-0.2, -0.15) is 0 Å². The number of nitrogens with one attached hydrogen (secondary N) is 2. The van der Waals surface area contributed by atoms with Crippen LogP contribution in [-0.4, -0.2) is 46.9 Å². The van der Waals surface area contributed by atoms with E-state index in [-0.39, 0.29) is 17.5 Å². The van der Waals surface area contributed by atoms with Gasteiger partial charge in [-0.05, 0) is 24.5 Å². The SMILES string of the molecule is CC(C)[C@H](NC(=O)c1ccc2ccccc2n1)C(=O)N[C@H]1CCOC1O. The summed E-state index contributed by atoms with van der Waals surface area (Å²) in [5, 5.41) is 16.1. The van der Waals surface area contributed by atoms with Gasteiger partial charge in [-0.15, -0.1) is 0 Å². The van der Waals surface area contributed by atoms with E-state index in [1.54, 1.807) is 6.07 Å². The number of rotatable bonds is 5. The summed E-state index contributed by atoms with van der Waals surface area (Å²) in [5.74, 6) is -0.879. The minimum Gasteiger partial charge on any atom is -0.366 e. The van der Waals surface area contributed by atoms with Crippen molar-refractivity contribution in [3.8, 4) is 0 Å². The quantitative estimate of drug-likeness (QED) is 0.747. The first-order valence-corrected chi connectivity index (χ1v) is 8.72. The van der Waals surface area contributed by atoms with E-state index in [2.05, 4.69) is 15.6 Å². The van der Waals surface area contributed by atoms with E-state index >= 15 is 0 Å². The summed E-state index contributed by atoms with van der Waals surface area (Å²) in [4.78, 5) is 29.5. The van der Waals surface area contributed by atoms with Crippen LogP contribution < -0.4 is 10.6 Å². The zero-order valence-electron chi connectivity index (χ0n) is 14.8. The van der Waals surface area contributed by atoms with Crippen LogP contribution in [-0.2, 0) is 9.53 Å². The van der Waals surface area contributed by atoms with Gasteiger partial charge in [-0.3, -0.25) is 9.59 Å². The first-order chi connectivity index (χ1) is 12.5. The average Bonchev–Trinajstić information content (AvgIpc) is 3.03. The summed E-state index contributed by atoms with van der Waals surface area (Å²) in [6, 6.07) is 9.79. The van der Waals surface area contributed by atoms with Gasteiger partial charge in [-0.25, -0.2) is 4.98 Å². The summed E-state index contributed by atoms with van der Waals surface area (Å²) >= 11 is 0. The second-order valence-electron chi connectivity index (χ2n) is 6.75. The number of fused-ring (bicyclic) bond motifs is 1. The van der Waals surface area contributed by atoms with Gasteiger partial charge in [0, 0.05) is 5.39 Å². The number of aliphatic hydroxyl groups is 1. The van der Waals surface area contributed by atoms with Crippen LogP contribution >= 0.6 is 0 Å². The smallest absolute Gasteiger partial charge is 0.270 e. The Bertz CT molecular complexity index is 808. The molecule has 2 aromatic rings. The summed E-state index contributed by atoms with van der Waals surface area (Å²) in [7, 11) is 0. The molecule has 1 aromatic carbocycles. The highest BCUT2D eigenvalue weighted by atomic mass is 16.6. The fraction of sp³-hybridized carbons (Fsp3) is 0.421. The molecule has 3 rings (SSSR count). The van der Waals surface area contributed by atoms with Crippen LogP contribution in [0.5, 0.6) is 0 Å². The van der Waals surface area contributed by atoms with E-state index in [0.717, 1.165) is 10.9 Å². The Hall–Kier alpha value is -2.51. The number of pyridine rings is 1. The van der Waals surface area contributed by atoms with Gasteiger partial charge in [0.2, 0.25) is 5.91 Å². The maximum atomic E-state index is 12.6. The van der Waals surface area contributed by atoms with Crippen LogP contribution in [0.4, 0.5) is 0 Å². The number of benzene rings is 1. The van der Waals surface area contributed by atoms with Gasteiger partial charge in [-0.1, -0.05) is 38.1 Å². The molecule has 2 heterocycles. The van der Waals surface area contributed by atoms with Crippen molar-refractivity contribution in [2.75, 3.05) is 6.61 Å². The molecule has 7 nitrogen and oxygen atoms in total. The molecular formula is C19H23N3O4. The average molecular weight is 357 g/mol. The number of carbonyl (C=O) groups is 2. The normalized spacial score (nSPS) is 20.9. The second-order valence-corrected chi connectivity index (χ2v) is 6.75. The predicted octanol–water partition coefficient (Wildman–Crippen LogP) is 1.21. The molecule has 3 N–H and O–H groups in total. The standard InChI is InChI=1S/C19H23N3O4/c1-11(2)16(18(24)21-15-9-10-26-19(15)25)22-17(23)14-8-7-12-5-3-4-6-13(12)20-14/h3-8,11,15-16,19,25H,9-10H2,1-2H3,(H,21,24)(H,22,23)/t15-,16-,19?/m0/s1. The molecule has 26 heavy (non-hydrogen) atoms. The minimum absolute atomic E-state index is 0.126. The van der Waals surface area contributed by atoms with Crippen LogP contribution in [0, 0.1) is 5.92 Å². The molecule has 0 spiro atoms. The van der Waals surface area contributed by atoms with Gasteiger partial charge in [0.25, 0.3) is 5.91 Å². The molecule has 3 atom stereocenters. The number of ether oxygens (including phenoxy) is 1. The molecule has 0 aliphatic carbocycles. The van der Waals surface area contributed by atoms with E-state index < -0.39 is 24.3 Å². The first-order valence-electron chi connectivity index (χ1n) is 8.72. The molecular weight excluding hydrogens is 334 g/mol. The van der Waals surface area contributed by atoms with Gasteiger partial charge >= 0.3 is 0 Å². The zero-order valence-corrected chi connectivity index (χ0v) is 14.8. The fourth-order valence-electron chi connectivity index (χ4n) is 2.93. The number of aliphatic hydroxyl groups excluding tert-OH is 1. The number of carbonyl (C=O) groups excluding carboxylic acids is 2. The Morgan fingerprint density at radius 3 is 2.69 bits per heavy atom. The molecule has 1 aliphatic rings. The van der Waals surface area contributed by atoms with Crippen LogP contribution in [0.25, 0.3) is 10.9 Å². The van der Waals surface area contributed by atoms with E-state index in [9.17, 15) is 14.7 Å². The third-order valence-electron chi connectivity index (χ3n) is 4.46. The lowest BCUT2D eigenvalue weighted by molar-refractivity contribution is -0.128. The fourth-order valence-corrected chi connectivity index (χ4v) is 2.93. The van der Waals surface area contributed by atoms with E-state index in [4.69, 9.17) is 4.74 Å². The lowest BCUT2D eigenvalue weighted by Gasteiger charge is -2.24. The molecule has 1 unspecified atom stereocenters. The summed E-state index contributed by atoms with van der Waals surface area (Å²) in [5.41, 5.74) is 0.975. The van der Waals surface area contributed by atoms with Crippen molar-refractivity contribution in [3.05, 3.63) is 42.1 Å². The highest BCUT2D eigenvalue weighted by Gasteiger charge is 2.32. The first kappa shape index (κ1) is 18.3. The molecule has 1 fully saturated rings. The summed E-state index contributed by atoms with van der Waals surface area (Å²) in [6.07, 6.45) is -0.470. The van der Waals surface area contributed by atoms with E-state index in [0.29, 0.717) is 13.0 Å². The van der Waals surface area contributed by atoms with Crippen molar-refractivity contribution in [2.45, 2.75) is 38.6 Å². The summed E-state index contributed by atoms with van der Waals surface area (Å²) < 4.78 is 5.04. The lowest BCUT2D eigenvalue weighted by Crippen LogP contribution is -2.53. The third-order valence-corrected chi connectivity index (χ3v) is 4.46. The molecule has 0 radical (unpaired) electrons. The molecule has 1 aliphatic heterocycles. The van der Waals surface area contributed by atoms with E-state index in [1.807, 2.05) is 44.2 Å². The van der Waals surface area contributed by atoms with Crippen molar-refractivity contribution in [1.82, 2.24) is 15.6 Å². The highest BCUT2D eigenvalue weighted by Crippen LogP contribution is 2.14. The minimum atomic E-state index is -1.01. The predicted molar refractivity (Wildman–Crippen MR) is 96.3 cm³/mol. The van der Waals surface area contributed by atoms with E-state index in [1.165, 1.54) is 0 Å². The topological polar surface area (TPSA) is 101 Å². The van der Waals surface area contributed by atoms with Crippen molar-refractivity contribution in [1.29, 1.82) is 0 Å². The maximum absolute atomic E-state index is 12.6. The number of para-hydroxylation sites is 1. The number of hydrogen-bond donors (Lipinski definition) is 3. The monoisotopic (exact) mass is 357 g/mol. The molecule has 1 saturated heterocycles. The van der Waals surface area contributed by atoms with Gasteiger partial charge in [0.1, 0.15) is 11.7 Å². The van der Waals surface area contributed by atoms with Gasteiger partial charge < -0.3 is 20.5 Å². The molecule has 0 bridgehead atoms. The van der Waals surface area contributed by atoms with Crippen LogP contribution in [0.1, 0.15) is 30.8 Å². The molecule has 138 valence electrons. The number of amides is 2. The number of nitrogens with zero attached hydrogens (tertiary/aromatic N) is 1. The van der Waals surface area contributed by atoms with Crippen molar-refractivity contribution in [3.63, 3.8) is 0 Å². The molecule has 7 heteroatoms. The van der Waals surface area contributed by atoms with Gasteiger partial charge in [0.15, 0.2) is 6.29 Å².